The number of hydrogen-bond acceptors (Lipinski definition) is 6. The van der Waals surface area contributed by atoms with Crippen molar-refractivity contribution in [3.63, 3.8) is 0 Å². The van der Waals surface area contributed by atoms with Crippen LogP contribution in [0.5, 0.6) is 11.5 Å². The first kappa shape index (κ1) is 14.8. The van der Waals surface area contributed by atoms with Gasteiger partial charge in [0.2, 0.25) is 11.8 Å². The standard InChI is InChI=1S/C16H21N3O3/c1-11-17-18-16(22-11)10-19-5-4-12(9-19)13-6-14(20-2)8-15(7-13)21-3/h6-8,12H,4-5,9-10H2,1-3H3. The van der Waals surface area contributed by atoms with Crippen LogP contribution in [0.25, 0.3) is 0 Å². The zero-order chi connectivity index (χ0) is 15.5. The molecule has 0 saturated carbocycles. The number of ether oxygens (including phenoxy) is 2. The van der Waals surface area contributed by atoms with Crippen LogP contribution in [0.3, 0.4) is 0 Å². The molecule has 22 heavy (non-hydrogen) atoms. The molecule has 0 N–H and O–H groups in total. The lowest BCUT2D eigenvalue weighted by Gasteiger charge is -2.15. The minimum absolute atomic E-state index is 0.466. The summed E-state index contributed by atoms with van der Waals surface area (Å²) in [6.45, 7) is 4.51. The van der Waals surface area contributed by atoms with E-state index in [4.69, 9.17) is 13.9 Å². The summed E-state index contributed by atoms with van der Waals surface area (Å²) in [6.07, 6.45) is 1.10. The van der Waals surface area contributed by atoms with Crippen LogP contribution in [0.4, 0.5) is 0 Å². The largest absolute Gasteiger partial charge is 0.497 e. The van der Waals surface area contributed by atoms with Crippen molar-refractivity contribution in [1.29, 1.82) is 0 Å². The third kappa shape index (κ3) is 3.22. The number of rotatable bonds is 5. The zero-order valence-corrected chi connectivity index (χ0v) is 13.2. The molecular weight excluding hydrogens is 282 g/mol. The van der Waals surface area contributed by atoms with Gasteiger partial charge in [0.25, 0.3) is 0 Å². The molecule has 1 saturated heterocycles. The monoisotopic (exact) mass is 303 g/mol. The van der Waals surface area contributed by atoms with E-state index in [1.807, 2.05) is 13.0 Å². The van der Waals surface area contributed by atoms with Crippen molar-refractivity contribution in [2.45, 2.75) is 25.8 Å². The van der Waals surface area contributed by atoms with Gasteiger partial charge in [-0.1, -0.05) is 0 Å². The van der Waals surface area contributed by atoms with Crippen LogP contribution in [-0.4, -0.2) is 42.4 Å². The fraction of sp³-hybridized carbons (Fsp3) is 0.500. The number of hydrogen-bond donors (Lipinski definition) is 0. The number of benzene rings is 1. The average molecular weight is 303 g/mol. The van der Waals surface area contributed by atoms with Crippen LogP contribution in [0.2, 0.25) is 0 Å². The summed E-state index contributed by atoms with van der Waals surface area (Å²) >= 11 is 0. The lowest BCUT2D eigenvalue weighted by atomic mass is 9.98. The quantitative estimate of drug-likeness (QED) is 0.845. The van der Waals surface area contributed by atoms with Crippen LogP contribution in [0.1, 0.15) is 29.7 Å². The number of aryl methyl sites for hydroxylation is 1. The number of aromatic nitrogens is 2. The molecule has 2 aromatic rings. The van der Waals surface area contributed by atoms with Crippen molar-refractivity contribution in [3.05, 3.63) is 35.5 Å². The van der Waals surface area contributed by atoms with E-state index in [2.05, 4.69) is 27.2 Å². The van der Waals surface area contributed by atoms with E-state index < -0.39 is 0 Å². The van der Waals surface area contributed by atoms with Gasteiger partial charge in [-0.25, -0.2) is 0 Å². The minimum Gasteiger partial charge on any atom is -0.497 e. The van der Waals surface area contributed by atoms with Crippen molar-refractivity contribution in [3.8, 4) is 11.5 Å². The van der Waals surface area contributed by atoms with Crippen molar-refractivity contribution < 1.29 is 13.9 Å². The molecular formula is C16H21N3O3. The Kier molecular flexibility index (Phi) is 4.29. The first-order valence-corrected chi connectivity index (χ1v) is 7.42. The lowest BCUT2D eigenvalue weighted by Crippen LogP contribution is -2.20. The van der Waals surface area contributed by atoms with E-state index in [1.165, 1.54) is 5.56 Å². The molecule has 1 aliphatic heterocycles. The van der Waals surface area contributed by atoms with Gasteiger partial charge < -0.3 is 13.9 Å². The fourth-order valence-electron chi connectivity index (χ4n) is 2.91. The van der Waals surface area contributed by atoms with Gasteiger partial charge in [-0.2, -0.15) is 0 Å². The predicted molar refractivity (Wildman–Crippen MR) is 81.2 cm³/mol. The van der Waals surface area contributed by atoms with Gasteiger partial charge in [0, 0.05) is 19.5 Å². The first-order valence-electron chi connectivity index (χ1n) is 7.42. The third-order valence-electron chi connectivity index (χ3n) is 4.04. The molecule has 1 unspecified atom stereocenters. The molecule has 1 fully saturated rings. The summed E-state index contributed by atoms with van der Waals surface area (Å²) in [5.41, 5.74) is 1.25. The third-order valence-corrected chi connectivity index (χ3v) is 4.04. The van der Waals surface area contributed by atoms with Gasteiger partial charge in [0.15, 0.2) is 0 Å². The van der Waals surface area contributed by atoms with Gasteiger partial charge in [-0.15, -0.1) is 10.2 Å². The number of nitrogens with zero attached hydrogens (tertiary/aromatic N) is 3. The molecule has 0 bridgehead atoms. The van der Waals surface area contributed by atoms with E-state index >= 15 is 0 Å². The lowest BCUT2D eigenvalue weighted by molar-refractivity contribution is 0.284. The molecule has 118 valence electrons. The summed E-state index contributed by atoms with van der Waals surface area (Å²) < 4.78 is 16.2. The van der Waals surface area contributed by atoms with E-state index in [1.54, 1.807) is 14.2 Å². The summed E-state index contributed by atoms with van der Waals surface area (Å²) in [5.74, 6) is 3.43. The smallest absolute Gasteiger partial charge is 0.230 e. The van der Waals surface area contributed by atoms with Gasteiger partial charge >= 0.3 is 0 Å². The molecule has 6 nitrogen and oxygen atoms in total. The highest BCUT2D eigenvalue weighted by atomic mass is 16.5. The SMILES string of the molecule is COc1cc(OC)cc(C2CCN(Cc3nnc(C)o3)C2)c1. The molecule has 0 radical (unpaired) electrons. The Morgan fingerprint density at radius 2 is 1.91 bits per heavy atom. The number of likely N-dealkylation sites (tertiary alicyclic amines) is 1. The van der Waals surface area contributed by atoms with Crippen LogP contribution in [0, 0.1) is 6.92 Å². The Labute approximate surface area is 130 Å². The van der Waals surface area contributed by atoms with Crippen LogP contribution in [-0.2, 0) is 6.54 Å². The fourth-order valence-corrected chi connectivity index (χ4v) is 2.91. The second-order valence-electron chi connectivity index (χ2n) is 5.58. The Balaban J connectivity index is 1.69. The topological polar surface area (TPSA) is 60.6 Å². The highest BCUT2D eigenvalue weighted by Crippen LogP contribution is 2.33. The van der Waals surface area contributed by atoms with E-state index in [0.717, 1.165) is 31.0 Å². The summed E-state index contributed by atoms with van der Waals surface area (Å²) in [6, 6.07) is 6.08. The predicted octanol–water partition coefficient (Wildman–Crippen LogP) is 2.38. The molecule has 1 aromatic heterocycles. The molecule has 1 aliphatic rings. The molecule has 6 heteroatoms. The highest BCUT2D eigenvalue weighted by Gasteiger charge is 2.26. The first-order chi connectivity index (χ1) is 10.7. The van der Waals surface area contributed by atoms with E-state index in [-0.39, 0.29) is 0 Å². The molecule has 0 aliphatic carbocycles. The second kappa shape index (κ2) is 6.36. The van der Waals surface area contributed by atoms with Crippen molar-refractivity contribution in [2.75, 3.05) is 27.3 Å². The van der Waals surface area contributed by atoms with Crippen LogP contribution >= 0.6 is 0 Å². The normalized spacial score (nSPS) is 18.6. The van der Waals surface area contributed by atoms with Crippen LogP contribution < -0.4 is 9.47 Å². The zero-order valence-electron chi connectivity index (χ0n) is 13.2. The molecule has 1 aromatic carbocycles. The van der Waals surface area contributed by atoms with Gasteiger partial charge in [-0.3, -0.25) is 4.90 Å². The molecule has 3 rings (SSSR count). The van der Waals surface area contributed by atoms with Gasteiger partial charge in [0.05, 0.1) is 20.8 Å². The Bertz CT molecular complexity index is 619. The second-order valence-corrected chi connectivity index (χ2v) is 5.58. The van der Waals surface area contributed by atoms with E-state index in [9.17, 15) is 0 Å². The Morgan fingerprint density at radius 3 is 2.50 bits per heavy atom. The van der Waals surface area contributed by atoms with Crippen LogP contribution in [0.15, 0.2) is 22.6 Å². The highest BCUT2D eigenvalue weighted by molar-refractivity contribution is 5.40. The maximum absolute atomic E-state index is 5.46. The molecule has 0 spiro atoms. The van der Waals surface area contributed by atoms with Crippen molar-refractivity contribution in [1.82, 2.24) is 15.1 Å². The molecule has 1 atom stereocenters. The Hall–Kier alpha value is -2.08. The number of methoxy groups -OCH3 is 2. The minimum atomic E-state index is 0.466. The average Bonchev–Trinajstić information content (AvgIpc) is 3.16. The maximum atomic E-state index is 5.46. The summed E-state index contributed by atoms with van der Waals surface area (Å²) in [7, 11) is 3.36. The Morgan fingerprint density at radius 1 is 1.18 bits per heavy atom. The van der Waals surface area contributed by atoms with E-state index in [0.29, 0.717) is 24.2 Å². The van der Waals surface area contributed by atoms with Crippen molar-refractivity contribution in [2.24, 2.45) is 0 Å². The van der Waals surface area contributed by atoms with Gasteiger partial charge in [-0.05, 0) is 36.6 Å². The summed E-state index contributed by atoms with van der Waals surface area (Å²) in [4.78, 5) is 2.34. The molecule has 2 heterocycles. The summed E-state index contributed by atoms with van der Waals surface area (Å²) in [5, 5.41) is 7.94. The van der Waals surface area contributed by atoms with Crippen molar-refractivity contribution >= 4 is 0 Å². The van der Waals surface area contributed by atoms with Gasteiger partial charge in [0.1, 0.15) is 11.5 Å². The maximum Gasteiger partial charge on any atom is 0.230 e. The molecule has 0 amide bonds.